The van der Waals surface area contributed by atoms with Crippen LogP contribution >= 0.6 is 0 Å². The SMILES string of the molecule is Cc1ccc(CNCc2ncnn2C(C)C)cc1. The maximum Gasteiger partial charge on any atom is 0.141 e. The summed E-state index contributed by atoms with van der Waals surface area (Å²) in [7, 11) is 0. The van der Waals surface area contributed by atoms with Crippen molar-refractivity contribution in [3.8, 4) is 0 Å². The molecule has 0 unspecified atom stereocenters. The van der Waals surface area contributed by atoms with Crippen molar-refractivity contribution >= 4 is 0 Å². The standard InChI is InChI=1S/C14H20N4/c1-11(2)18-14(16-10-17-18)9-15-8-13-6-4-12(3)5-7-13/h4-7,10-11,15H,8-9H2,1-3H3. The number of nitrogens with zero attached hydrogens (tertiary/aromatic N) is 3. The number of hydrogen-bond donors (Lipinski definition) is 1. The molecule has 2 rings (SSSR count). The lowest BCUT2D eigenvalue weighted by Gasteiger charge is -2.10. The summed E-state index contributed by atoms with van der Waals surface area (Å²) in [5, 5.41) is 7.61. The zero-order chi connectivity index (χ0) is 13.0. The number of hydrogen-bond acceptors (Lipinski definition) is 3. The predicted molar refractivity (Wildman–Crippen MR) is 72.1 cm³/mol. The van der Waals surface area contributed by atoms with Crippen molar-refractivity contribution in [1.82, 2.24) is 20.1 Å². The molecular formula is C14H20N4. The molecule has 96 valence electrons. The van der Waals surface area contributed by atoms with Gasteiger partial charge in [-0.1, -0.05) is 29.8 Å². The Kier molecular flexibility index (Phi) is 4.10. The largest absolute Gasteiger partial charge is 0.306 e. The van der Waals surface area contributed by atoms with Crippen LogP contribution in [0.5, 0.6) is 0 Å². The van der Waals surface area contributed by atoms with E-state index in [4.69, 9.17) is 0 Å². The topological polar surface area (TPSA) is 42.7 Å². The van der Waals surface area contributed by atoms with E-state index in [0.717, 1.165) is 18.9 Å². The molecule has 0 bridgehead atoms. The second kappa shape index (κ2) is 5.78. The molecule has 0 amide bonds. The maximum absolute atomic E-state index is 4.27. The molecule has 0 atom stereocenters. The van der Waals surface area contributed by atoms with E-state index in [0.29, 0.717) is 6.04 Å². The van der Waals surface area contributed by atoms with Crippen LogP contribution in [0.4, 0.5) is 0 Å². The Hall–Kier alpha value is -1.68. The smallest absolute Gasteiger partial charge is 0.141 e. The Labute approximate surface area is 108 Å². The molecule has 4 nitrogen and oxygen atoms in total. The van der Waals surface area contributed by atoms with Crippen LogP contribution in [0.25, 0.3) is 0 Å². The molecule has 1 aromatic carbocycles. The fourth-order valence-corrected chi connectivity index (χ4v) is 1.86. The summed E-state index contributed by atoms with van der Waals surface area (Å²) < 4.78 is 1.95. The van der Waals surface area contributed by atoms with Crippen molar-refractivity contribution in [2.75, 3.05) is 0 Å². The molecular weight excluding hydrogens is 224 g/mol. The Morgan fingerprint density at radius 1 is 1.17 bits per heavy atom. The van der Waals surface area contributed by atoms with E-state index in [9.17, 15) is 0 Å². The lowest BCUT2D eigenvalue weighted by molar-refractivity contribution is 0.490. The minimum Gasteiger partial charge on any atom is -0.306 e. The minimum atomic E-state index is 0.351. The molecule has 1 N–H and O–H groups in total. The van der Waals surface area contributed by atoms with Gasteiger partial charge in [-0.2, -0.15) is 5.10 Å². The van der Waals surface area contributed by atoms with Gasteiger partial charge < -0.3 is 5.32 Å². The number of aromatic nitrogens is 3. The molecule has 1 heterocycles. The van der Waals surface area contributed by atoms with Crippen LogP contribution < -0.4 is 5.32 Å². The highest BCUT2D eigenvalue weighted by molar-refractivity contribution is 5.21. The summed E-state index contributed by atoms with van der Waals surface area (Å²) in [5.74, 6) is 0.983. The number of rotatable bonds is 5. The highest BCUT2D eigenvalue weighted by atomic mass is 15.3. The molecule has 18 heavy (non-hydrogen) atoms. The molecule has 0 saturated heterocycles. The van der Waals surface area contributed by atoms with E-state index in [1.807, 2.05) is 4.68 Å². The van der Waals surface area contributed by atoms with E-state index in [-0.39, 0.29) is 0 Å². The number of nitrogens with one attached hydrogen (secondary N) is 1. The molecule has 0 aliphatic rings. The lowest BCUT2D eigenvalue weighted by Crippen LogP contribution is -2.18. The zero-order valence-electron chi connectivity index (χ0n) is 11.2. The van der Waals surface area contributed by atoms with E-state index < -0.39 is 0 Å². The fourth-order valence-electron chi connectivity index (χ4n) is 1.86. The van der Waals surface area contributed by atoms with Gasteiger partial charge in [-0.05, 0) is 26.3 Å². The third-order valence-electron chi connectivity index (χ3n) is 2.87. The molecule has 0 aliphatic heterocycles. The van der Waals surface area contributed by atoms with Crippen LogP contribution in [-0.4, -0.2) is 14.8 Å². The molecule has 0 spiro atoms. The van der Waals surface area contributed by atoms with Crippen molar-refractivity contribution in [2.45, 2.75) is 39.9 Å². The molecule has 0 saturated carbocycles. The van der Waals surface area contributed by atoms with Crippen LogP contribution in [0.2, 0.25) is 0 Å². The first-order valence-electron chi connectivity index (χ1n) is 6.31. The summed E-state index contributed by atoms with van der Waals surface area (Å²) >= 11 is 0. The highest BCUT2D eigenvalue weighted by Gasteiger charge is 2.06. The summed E-state index contributed by atoms with van der Waals surface area (Å²) in [6, 6.07) is 8.91. The normalized spacial score (nSPS) is 11.1. The van der Waals surface area contributed by atoms with Gasteiger partial charge in [-0.25, -0.2) is 9.67 Å². The molecule has 4 heteroatoms. The third-order valence-corrected chi connectivity index (χ3v) is 2.87. The van der Waals surface area contributed by atoms with Crippen LogP contribution in [0, 0.1) is 6.92 Å². The minimum absolute atomic E-state index is 0.351. The number of aryl methyl sites for hydroxylation is 1. The molecule has 1 aromatic heterocycles. The molecule has 0 radical (unpaired) electrons. The predicted octanol–water partition coefficient (Wildman–Crippen LogP) is 2.46. The maximum atomic E-state index is 4.27. The second-order valence-corrected chi connectivity index (χ2v) is 4.80. The Balaban J connectivity index is 1.88. The number of benzene rings is 1. The quantitative estimate of drug-likeness (QED) is 0.878. The van der Waals surface area contributed by atoms with Crippen molar-refractivity contribution in [2.24, 2.45) is 0 Å². The van der Waals surface area contributed by atoms with E-state index >= 15 is 0 Å². The van der Waals surface area contributed by atoms with Gasteiger partial charge >= 0.3 is 0 Å². The first-order valence-corrected chi connectivity index (χ1v) is 6.31. The van der Waals surface area contributed by atoms with Gasteiger partial charge in [0.25, 0.3) is 0 Å². The van der Waals surface area contributed by atoms with Gasteiger partial charge in [0.05, 0.1) is 6.54 Å². The first-order chi connectivity index (χ1) is 8.66. The Morgan fingerprint density at radius 2 is 1.89 bits per heavy atom. The zero-order valence-corrected chi connectivity index (χ0v) is 11.2. The van der Waals surface area contributed by atoms with E-state index in [1.165, 1.54) is 11.1 Å². The van der Waals surface area contributed by atoms with Crippen molar-refractivity contribution in [3.05, 3.63) is 47.5 Å². The van der Waals surface area contributed by atoms with Crippen LogP contribution in [0.3, 0.4) is 0 Å². The first kappa shape index (κ1) is 12.8. The monoisotopic (exact) mass is 244 g/mol. The third kappa shape index (κ3) is 3.17. The van der Waals surface area contributed by atoms with Crippen molar-refractivity contribution < 1.29 is 0 Å². The lowest BCUT2D eigenvalue weighted by atomic mass is 10.1. The highest BCUT2D eigenvalue weighted by Crippen LogP contribution is 2.06. The van der Waals surface area contributed by atoms with Gasteiger partial charge in [0.15, 0.2) is 0 Å². The molecule has 0 fully saturated rings. The Bertz CT molecular complexity index is 485. The second-order valence-electron chi connectivity index (χ2n) is 4.80. The summed E-state index contributed by atoms with van der Waals surface area (Å²) in [4.78, 5) is 4.27. The van der Waals surface area contributed by atoms with Gasteiger partial charge in [-0.3, -0.25) is 0 Å². The average Bonchev–Trinajstić information content (AvgIpc) is 2.80. The average molecular weight is 244 g/mol. The Morgan fingerprint density at radius 3 is 2.56 bits per heavy atom. The van der Waals surface area contributed by atoms with Gasteiger partial charge in [0.1, 0.15) is 12.2 Å². The van der Waals surface area contributed by atoms with Gasteiger partial charge in [0.2, 0.25) is 0 Å². The van der Waals surface area contributed by atoms with Crippen LogP contribution in [0.1, 0.15) is 36.8 Å². The summed E-state index contributed by atoms with van der Waals surface area (Å²) in [5.41, 5.74) is 2.58. The van der Waals surface area contributed by atoms with Crippen molar-refractivity contribution in [3.63, 3.8) is 0 Å². The van der Waals surface area contributed by atoms with E-state index in [2.05, 4.69) is 60.4 Å². The fraction of sp³-hybridized carbons (Fsp3) is 0.429. The van der Waals surface area contributed by atoms with Crippen LogP contribution in [0.15, 0.2) is 30.6 Å². The summed E-state index contributed by atoms with van der Waals surface area (Å²) in [6.07, 6.45) is 1.61. The van der Waals surface area contributed by atoms with Crippen molar-refractivity contribution in [1.29, 1.82) is 0 Å². The van der Waals surface area contributed by atoms with E-state index in [1.54, 1.807) is 6.33 Å². The van der Waals surface area contributed by atoms with Gasteiger partial charge in [-0.15, -0.1) is 0 Å². The van der Waals surface area contributed by atoms with Gasteiger partial charge in [0, 0.05) is 12.6 Å². The molecule has 2 aromatic rings. The van der Waals surface area contributed by atoms with Crippen LogP contribution in [-0.2, 0) is 13.1 Å². The summed E-state index contributed by atoms with van der Waals surface area (Å²) in [6.45, 7) is 7.91. The molecule has 0 aliphatic carbocycles.